The molecular weight excluding hydrogens is 326 g/mol. The van der Waals surface area contributed by atoms with E-state index in [1.54, 1.807) is 7.11 Å². The van der Waals surface area contributed by atoms with Crippen LogP contribution in [0.5, 0.6) is 0 Å². The van der Waals surface area contributed by atoms with Crippen molar-refractivity contribution in [2.75, 3.05) is 13.7 Å². The molecule has 0 saturated heterocycles. The minimum atomic E-state index is -0.144. The van der Waals surface area contributed by atoms with Gasteiger partial charge in [-0.2, -0.15) is 0 Å². The second-order valence-corrected chi connectivity index (χ2v) is 6.23. The summed E-state index contributed by atoms with van der Waals surface area (Å²) in [5.74, 6) is 0. The van der Waals surface area contributed by atoms with Gasteiger partial charge in [-0.1, -0.05) is 42.5 Å². The quantitative estimate of drug-likeness (QED) is 0.608. The van der Waals surface area contributed by atoms with E-state index < -0.39 is 0 Å². The fourth-order valence-electron chi connectivity index (χ4n) is 3.05. The SMILES string of the molecule is COCc1ccccc1CNC(=O)NCCCn1ccc2ccccc21. The lowest BCUT2D eigenvalue weighted by molar-refractivity contribution is 0.184. The van der Waals surface area contributed by atoms with Gasteiger partial charge in [0.25, 0.3) is 0 Å². The van der Waals surface area contributed by atoms with Gasteiger partial charge >= 0.3 is 6.03 Å². The summed E-state index contributed by atoms with van der Waals surface area (Å²) < 4.78 is 7.41. The topological polar surface area (TPSA) is 55.3 Å². The van der Waals surface area contributed by atoms with E-state index in [4.69, 9.17) is 4.74 Å². The maximum absolute atomic E-state index is 12.0. The molecule has 0 radical (unpaired) electrons. The van der Waals surface area contributed by atoms with Crippen molar-refractivity contribution >= 4 is 16.9 Å². The van der Waals surface area contributed by atoms with Gasteiger partial charge in [0, 0.05) is 38.5 Å². The number of carbonyl (C=O) groups is 1. The Balaban J connectivity index is 1.41. The predicted octanol–water partition coefficient (Wildman–Crippen LogP) is 3.68. The molecule has 0 aliphatic rings. The van der Waals surface area contributed by atoms with Crippen molar-refractivity contribution in [3.8, 4) is 0 Å². The number of amides is 2. The summed E-state index contributed by atoms with van der Waals surface area (Å²) >= 11 is 0. The largest absolute Gasteiger partial charge is 0.380 e. The molecule has 0 bridgehead atoms. The lowest BCUT2D eigenvalue weighted by atomic mass is 10.1. The van der Waals surface area contributed by atoms with E-state index >= 15 is 0 Å². The van der Waals surface area contributed by atoms with Crippen molar-refractivity contribution in [2.45, 2.75) is 26.1 Å². The molecule has 1 aromatic heterocycles. The molecule has 0 saturated carbocycles. The third kappa shape index (κ3) is 4.64. The molecule has 0 aliphatic carbocycles. The first-order valence-corrected chi connectivity index (χ1v) is 8.89. The molecule has 5 nitrogen and oxygen atoms in total. The molecule has 2 aromatic carbocycles. The van der Waals surface area contributed by atoms with Crippen LogP contribution >= 0.6 is 0 Å². The third-order valence-electron chi connectivity index (χ3n) is 4.40. The lowest BCUT2D eigenvalue weighted by Crippen LogP contribution is -2.36. The van der Waals surface area contributed by atoms with Gasteiger partial charge in [-0.05, 0) is 35.1 Å². The standard InChI is InChI=1S/C21H25N3O2/c1-26-16-19-9-3-2-8-18(19)15-23-21(25)22-12-6-13-24-14-11-17-7-4-5-10-20(17)24/h2-5,7-11,14H,6,12-13,15-16H2,1H3,(H2,22,23,25). The number of fused-ring (bicyclic) bond motifs is 1. The fraction of sp³-hybridized carbons (Fsp3) is 0.286. The number of nitrogens with one attached hydrogen (secondary N) is 2. The number of aryl methyl sites for hydroxylation is 1. The van der Waals surface area contributed by atoms with E-state index in [0.29, 0.717) is 19.7 Å². The van der Waals surface area contributed by atoms with Crippen molar-refractivity contribution in [3.05, 3.63) is 71.9 Å². The van der Waals surface area contributed by atoms with Gasteiger partial charge in [-0.25, -0.2) is 4.79 Å². The number of benzene rings is 2. The molecule has 2 amide bonds. The second-order valence-electron chi connectivity index (χ2n) is 6.23. The average Bonchev–Trinajstić information content (AvgIpc) is 3.08. The van der Waals surface area contributed by atoms with Crippen molar-refractivity contribution in [1.29, 1.82) is 0 Å². The van der Waals surface area contributed by atoms with Crippen molar-refractivity contribution in [1.82, 2.24) is 15.2 Å². The number of methoxy groups -OCH3 is 1. The minimum Gasteiger partial charge on any atom is -0.380 e. The molecule has 1 heterocycles. The highest BCUT2D eigenvalue weighted by Crippen LogP contribution is 2.15. The van der Waals surface area contributed by atoms with Crippen molar-refractivity contribution in [2.24, 2.45) is 0 Å². The van der Waals surface area contributed by atoms with Crippen LogP contribution in [0.1, 0.15) is 17.5 Å². The number of urea groups is 1. The maximum atomic E-state index is 12.0. The summed E-state index contributed by atoms with van der Waals surface area (Å²) in [6.07, 6.45) is 2.98. The number of hydrogen-bond acceptors (Lipinski definition) is 2. The first kappa shape index (κ1) is 18.0. The summed E-state index contributed by atoms with van der Waals surface area (Å²) in [5, 5.41) is 7.07. The van der Waals surface area contributed by atoms with Crippen LogP contribution in [0.4, 0.5) is 4.79 Å². The molecule has 2 N–H and O–H groups in total. The van der Waals surface area contributed by atoms with Crippen LogP contribution in [-0.2, 0) is 24.4 Å². The first-order valence-electron chi connectivity index (χ1n) is 8.89. The van der Waals surface area contributed by atoms with Gasteiger partial charge in [-0.15, -0.1) is 0 Å². The summed E-state index contributed by atoms with van der Waals surface area (Å²) in [7, 11) is 1.67. The van der Waals surface area contributed by atoms with E-state index in [1.165, 1.54) is 10.9 Å². The molecule has 5 heteroatoms. The Morgan fingerprint density at radius 1 is 1.00 bits per heavy atom. The van der Waals surface area contributed by atoms with Gasteiger partial charge in [-0.3, -0.25) is 0 Å². The molecule has 0 atom stereocenters. The summed E-state index contributed by atoms with van der Waals surface area (Å²) in [6, 6.07) is 18.3. The van der Waals surface area contributed by atoms with Crippen LogP contribution in [0.3, 0.4) is 0 Å². The van der Waals surface area contributed by atoms with Crippen LogP contribution in [0.25, 0.3) is 10.9 Å². The highest BCUT2D eigenvalue weighted by atomic mass is 16.5. The molecule has 26 heavy (non-hydrogen) atoms. The summed E-state index contributed by atoms with van der Waals surface area (Å²) in [4.78, 5) is 12.0. The summed E-state index contributed by atoms with van der Waals surface area (Å²) in [6.45, 7) is 2.56. The van der Waals surface area contributed by atoms with Gasteiger partial charge in [0.05, 0.1) is 6.61 Å². The smallest absolute Gasteiger partial charge is 0.315 e. The number of hydrogen-bond donors (Lipinski definition) is 2. The molecule has 0 aliphatic heterocycles. The lowest BCUT2D eigenvalue weighted by Gasteiger charge is -2.11. The Labute approximate surface area is 154 Å². The molecule has 3 rings (SSSR count). The molecular formula is C21H25N3O2. The van der Waals surface area contributed by atoms with Crippen LogP contribution < -0.4 is 10.6 Å². The molecule has 0 fully saturated rings. The zero-order valence-electron chi connectivity index (χ0n) is 15.1. The van der Waals surface area contributed by atoms with Gasteiger partial charge in [0.1, 0.15) is 0 Å². The van der Waals surface area contributed by atoms with Crippen LogP contribution in [0.15, 0.2) is 60.8 Å². The van der Waals surface area contributed by atoms with E-state index in [2.05, 4.69) is 39.6 Å². The van der Waals surface area contributed by atoms with Crippen molar-refractivity contribution < 1.29 is 9.53 Å². The Kier molecular flexibility index (Phi) is 6.28. The summed E-state index contributed by atoms with van der Waals surface area (Å²) in [5.41, 5.74) is 3.39. The zero-order chi connectivity index (χ0) is 18.2. The molecule has 0 unspecified atom stereocenters. The second kappa shape index (κ2) is 9.06. The number of aromatic nitrogens is 1. The van der Waals surface area contributed by atoms with Crippen LogP contribution in [0.2, 0.25) is 0 Å². The fourth-order valence-corrected chi connectivity index (χ4v) is 3.05. The number of para-hydroxylation sites is 1. The van der Waals surface area contributed by atoms with Crippen molar-refractivity contribution in [3.63, 3.8) is 0 Å². The number of carbonyl (C=O) groups excluding carboxylic acids is 1. The van der Waals surface area contributed by atoms with E-state index in [9.17, 15) is 4.79 Å². The van der Waals surface area contributed by atoms with Crippen LogP contribution in [-0.4, -0.2) is 24.3 Å². The minimum absolute atomic E-state index is 0.144. The maximum Gasteiger partial charge on any atom is 0.315 e. The third-order valence-corrected chi connectivity index (χ3v) is 4.40. The van der Waals surface area contributed by atoms with Gasteiger partial charge < -0.3 is 19.9 Å². The highest BCUT2D eigenvalue weighted by Gasteiger charge is 2.05. The zero-order valence-corrected chi connectivity index (χ0v) is 15.1. The molecule has 3 aromatic rings. The highest BCUT2D eigenvalue weighted by molar-refractivity contribution is 5.79. The number of ether oxygens (including phenoxy) is 1. The van der Waals surface area contributed by atoms with Gasteiger partial charge in [0.2, 0.25) is 0 Å². The Morgan fingerprint density at radius 2 is 1.77 bits per heavy atom. The van der Waals surface area contributed by atoms with E-state index in [1.807, 2.05) is 36.4 Å². The van der Waals surface area contributed by atoms with Crippen LogP contribution in [0, 0.1) is 0 Å². The number of nitrogens with zero attached hydrogens (tertiary/aromatic N) is 1. The predicted molar refractivity (Wildman–Crippen MR) is 104 cm³/mol. The normalized spacial score (nSPS) is 10.8. The Hall–Kier alpha value is -2.79. The Morgan fingerprint density at radius 3 is 2.62 bits per heavy atom. The average molecular weight is 351 g/mol. The monoisotopic (exact) mass is 351 g/mol. The molecule has 0 spiro atoms. The first-order chi connectivity index (χ1) is 12.8. The van der Waals surface area contributed by atoms with E-state index in [0.717, 1.165) is 24.1 Å². The van der Waals surface area contributed by atoms with Gasteiger partial charge in [0.15, 0.2) is 0 Å². The molecule has 136 valence electrons. The number of rotatable bonds is 8. The Bertz CT molecular complexity index is 857. The van der Waals surface area contributed by atoms with E-state index in [-0.39, 0.29) is 6.03 Å².